The molecule has 0 aliphatic rings. The van der Waals surface area contributed by atoms with E-state index in [4.69, 9.17) is 4.74 Å². The third-order valence-electron chi connectivity index (χ3n) is 1.90. The Morgan fingerprint density at radius 2 is 2.06 bits per heavy atom. The van der Waals surface area contributed by atoms with Crippen LogP contribution < -0.4 is 5.32 Å². The summed E-state index contributed by atoms with van der Waals surface area (Å²) < 4.78 is 4.88. The van der Waals surface area contributed by atoms with Gasteiger partial charge in [0.15, 0.2) is 12.4 Å². The number of amides is 2. The predicted molar refractivity (Wildman–Crippen MR) is 62.5 cm³/mol. The zero-order valence-corrected chi connectivity index (χ0v) is 10.3. The normalized spacial score (nSPS) is 11.9. The molecule has 0 aliphatic carbocycles. The Hall–Kier alpha value is -1.85. The van der Waals surface area contributed by atoms with Crippen molar-refractivity contribution in [1.82, 2.24) is 10.2 Å². The van der Waals surface area contributed by atoms with Gasteiger partial charge in [-0.05, 0) is 18.9 Å². The number of nitrogens with zero attached hydrogens (tertiary/aromatic N) is 1. The maximum atomic E-state index is 11.2. The number of carbonyl (C=O) groups is 3. The summed E-state index contributed by atoms with van der Waals surface area (Å²) in [5.74, 6) is -0.210. The standard InChI is InChI=1S/C11H18N2O4/c1-12-10(15)7-5-4-6-9(8-14)17-11(16)13(2)3/h5,7-9H,4,6H2,1-3H3,(H,12,15). The lowest BCUT2D eigenvalue weighted by Crippen LogP contribution is -2.28. The number of aldehydes is 1. The first-order valence-electron chi connectivity index (χ1n) is 5.22. The molecule has 0 aliphatic heterocycles. The van der Waals surface area contributed by atoms with Gasteiger partial charge in [0.25, 0.3) is 0 Å². The largest absolute Gasteiger partial charge is 0.438 e. The van der Waals surface area contributed by atoms with Gasteiger partial charge in [-0.2, -0.15) is 0 Å². The Morgan fingerprint density at radius 1 is 1.41 bits per heavy atom. The molecule has 6 nitrogen and oxygen atoms in total. The van der Waals surface area contributed by atoms with Crippen LogP contribution in [0.1, 0.15) is 12.8 Å². The molecule has 0 aromatic rings. The van der Waals surface area contributed by atoms with Crippen molar-refractivity contribution in [2.75, 3.05) is 21.1 Å². The molecule has 6 heteroatoms. The van der Waals surface area contributed by atoms with Crippen LogP contribution >= 0.6 is 0 Å². The van der Waals surface area contributed by atoms with E-state index >= 15 is 0 Å². The van der Waals surface area contributed by atoms with E-state index in [1.54, 1.807) is 6.08 Å². The van der Waals surface area contributed by atoms with E-state index in [-0.39, 0.29) is 5.91 Å². The van der Waals surface area contributed by atoms with Crippen LogP contribution in [0.15, 0.2) is 12.2 Å². The first-order valence-corrected chi connectivity index (χ1v) is 5.22. The molecular weight excluding hydrogens is 224 g/mol. The van der Waals surface area contributed by atoms with Crippen LogP contribution in [-0.2, 0) is 14.3 Å². The van der Waals surface area contributed by atoms with Crippen molar-refractivity contribution in [3.63, 3.8) is 0 Å². The number of hydrogen-bond acceptors (Lipinski definition) is 4. The third-order valence-corrected chi connectivity index (χ3v) is 1.90. The van der Waals surface area contributed by atoms with E-state index in [2.05, 4.69) is 5.32 Å². The second-order valence-corrected chi connectivity index (χ2v) is 3.55. The quantitative estimate of drug-likeness (QED) is 0.538. The van der Waals surface area contributed by atoms with Crippen molar-refractivity contribution in [2.45, 2.75) is 18.9 Å². The van der Waals surface area contributed by atoms with Crippen molar-refractivity contribution >= 4 is 18.3 Å². The average Bonchev–Trinajstić information content (AvgIpc) is 2.31. The molecule has 1 atom stereocenters. The van der Waals surface area contributed by atoms with Crippen LogP contribution in [0.5, 0.6) is 0 Å². The highest BCUT2D eigenvalue weighted by Gasteiger charge is 2.13. The summed E-state index contributed by atoms with van der Waals surface area (Å²) in [7, 11) is 4.60. The van der Waals surface area contributed by atoms with E-state index in [0.29, 0.717) is 19.1 Å². The van der Waals surface area contributed by atoms with Crippen LogP contribution in [-0.4, -0.2) is 50.4 Å². The number of nitrogens with one attached hydrogen (secondary N) is 1. The molecular formula is C11H18N2O4. The lowest BCUT2D eigenvalue weighted by molar-refractivity contribution is -0.116. The smallest absolute Gasteiger partial charge is 0.409 e. The maximum absolute atomic E-state index is 11.2. The van der Waals surface area contributed by atoms with E-state index in [9.17, 15) is 14.4 Å². The molecule has 0 aromatic heterocycles. The molecule has 0 heterocycles. The number of likely N-dealkylation sites (N-methyl/N-ethyl adjacent to an activating group) is 1. The highest BCUT2D eigenvalue weighted by molar-refractivity contribution is 5.87. The Kier molecular flexibility index (Phi) is 7.41. The summed E-state index contributed by atoms with van der Waals surface area (Å²) in [4.78, 5) is 33.9. The second-order valence-electron chi connectivity index (χ2n) is 3.55. The molecule has 0 fully saturated rings. The topological polar surface area (TPSA) is 75.7 Å². The molecule has 2 amide bonds. The summed E-state index contributed by atoms with van der Waals surface area (Å²) in [6.07, 6.45) is 3.08. The lowest BCUT2D eigenvalue weighted by atomic mass is 10.2. The van der Waals surface area contributed by atoms with Gasteiger partial charge >= 0.3 is 6.09 Å². The maximum Gasteiger partial charge on any atom is 0.409 e. The molecule has 0 rings (SSSR count). The van der Waals surface area contributed by atoms with Gasteiger partial charge in [-0.3, -0.25) is 9.59 Å². The van der Waals surface area contributed by atoms with Gasteiger partial charge < -0.3 is 15.0 Å². The number of hydrogen-bond donors (Lipinski definition) is 1. The van der Waals surface area contributed by atoms with Crippen molar-refractivity contribution in [1.29, 1.82) is 0 Å². The first kappa shape index (κ1) is 15.2. The van der Waals surface area contributed by atoms with Gasteiger partial charge in [0.05, 0.1) is 0 Å². The van der Waals surface area contributed by atoms with E-state index in [1.807, 2.05) is 0 Å². The molecule has 1 unspecified atom stereocenters. The Labute approximate surface area is 101 Å². The van der Waals surface area contributed by atoms with Crippen molar-refractivity contribution in [3.05, 3.63) is 12.2 Å². The van der Waals surface area contributed by atoms with Crippen LogP contribution in [0.25, 0.3) is 0 Å². The van der Waals surface area contributed by atoms with Crippen LogP contribution in [0.4, 0.5) is 4.79 Å². The Bertz CT molecular complexity index is 300. The molecule has 0 aromatic carbocycles. The molecule has 0 saturated heterocycles. The fraction of sp³-hybridized carbons (Fsp3) is 0.545. The van der Waals surface area contributed by atoms with Gasteiger partial charge in [0, 0.05) is 21.1 Å². The summed E-state index contributed by atoms with van der Waals surface area (Å²) in [6, 6.07) is 0. The molecule has 0 spiro atoms. The summed E-state index contributed by atoms with van der Waals surface area (Å²) >= 11 is 0. The molecule has 0 radical (unpaired) electrons. The minimum atomic E-state index is -0.778. The van der Waals surface area contributed by atoms with E-state index in [0.717, 1.165) is 0 Å². The van der Waals surface area contributed by atoms with Crippen LogP contribution in [0.2, 0.25) is 0 Å². The highest BCUT2D eigenvalue weighted by atomic mass is 16.6. The van der Waals surface area contributed by atoms with Gasteiger partial charge in [-0.1, -0.05) is 6.08 Å². The van der Waals surface area contributed by atoms with Gasteiger partial charge in [0.2, 0.25) is 5.91 Å². The fourth-order valence-corrected chi connectivity index (χ4v) is 0.924. The summed E-state index contributed by atoms with van der Waals surface area (Å²) in [5.41, 5.74) is 0. The monoisotopic (exact) mass is 242 g/mol. The van der Waals surface area contributed by atoms with E-state index < -0.39 is 12.2 Å². The van der Waals surface area contributed by atoms with Gasteiger partial charge in [0.1, 0.15) is 0 Å². The zero-order chi connectivity index (χ0) is 13.3. The lowest BCUT2D eigenvalue weighted by Gasteiger charge is -2.15. The minimum absolute atomic E-state index is 0.210. The fourth-order valence-electron chi connectivity index (χ4n) is 0.924. The molecule has 96 valence electrons. The average molecular weight is 242 g/mol. The number of allylic oxidation sites excluding steroid dienone is 1. The van der Waals surface area contributed by atoms with Crippen LogP contribution in [0, 0.1) is 0 Å². The SMILES string of the molecule is CNC(=O)C=CCCC(C=O)OC(=O)N(C)C. The minimum Gasteiger partial charge on any atom is -0.438 e. The van der Waals surface area contributed by atoms with Crippen LogP contribution in [0.3, 0.4) is 0 Å². The molecule has 0 saturated carbocycles. The van der Waals surface area contributed by atoms with Crippen molar-refractivity contribution < 1.29 is 19.1 Å². The number of ether oxygens (including phenoxy) is 1. The molecule has 1 N–H and O–H groups in total. The number of rotatable bonds is 6. The van der Waals surface area contributed by atoms with Gasteiger partial charge in [-0.15, -0.1) is 0 Å². The van der Waals surface area contributed by atoms with Crippen molar-refractivity contribution in [3.8, 4) is 0 Å². The third kappa shape index (κ3) is 7.10. The highest BCUT2D eigenvalue weighted by Crippen LogP contribution is 2.03. The molecule has 0 bridgehead atoms. The molecule has 17 heavy (non-hydrogen) atoms. The van der Waals surface area contributed by atoms with Crippen molar-refractivity contribution in [2.24, 2.45) is 0 Å². The van der Waals surface area contributed by atoms with Gasteiger partial charge in [-0.25, -0.2) is 4.79 Å². The summed E-state index contributed by atoms with van der Waals surface area (Å²) in [6.45, 7) is 0. The van der Waals surface area contributed by atoms with E-state index in [1.165, 1.54) is 32.1 Å². The zero-order valence-electron chi connectivity index (χ0n) is 10.3. The summed E-state index contributed by atoms with van der Waals surface area (Å²) in [5, 5.41) is 2.43. The Balaban J connectivity index is 3.99. The predicted octanol–water partition coefficient (Wildman–Crippen LogP) is 0.334. The second kappa shape index (κ2) is 8.32. The first-order chi connectivity index (χ1) is 8.01. The number of carbonyl (C=O) groups excluding carboxylic acids is 3. The Morgan fingerprint density at radius 3 is 2.53 bits per heavy atom.